The summed E-state index contributed by atoms with van der Waals surface area (Å²) in [5, 5.41) is 0. The van der Waals surface area contributed by atoms with Crippen LogP contribution in [-0.2, 0) is 14.3 Å². The molecule has 3 rings (SSSR count). The Labute approximate surface area is 94.2 Å². The minimum absolute atomic E-state index is 0.0411. The Kier molecular flexibility index (Phi) is 2.23. The van der Waals surface area contributed by atoms with Gasteiger partial charge in [-0.3, -0.25) is 4.79 Å². The van der Waals surface area contributed by atoms with Crippen molar-refractivity contribution in [3.8, 4) is 0 Å². The Morgan fingerprint density at radius 2 is 2.31 bits per heavy atom. The molecule has 0 N–H and O–H groups in total. The van der Waals surface area contributed by atoms with Gasteiger partial charge in [0.25, 0.3) is 0 Å². The van der Waals surface area contributed by atoms with Crippen LogP contribution < -0.4 is 0 Å². The fourth-order valence-electron chi connectivity index (χ4n) is 2.85. The highest BCUT2D eigenvalue weighted by Crippen LogP contribution is 2.32. The number of likely N-dealkylation sites (tertiary alicyclic amines) is 1. The number of amides is 1. The van der Waals surface area contributed by atoms with Gasteiger partial charge in [-0.15, -0.1) is 0 Å². The summed E-state index contributed by atoms with van der Waals surface area (Å²) in [6, 6.07) is -0.289. The van der Waals surface area contributed by atoms with Crippen LogP contribution in [-0.4, -0.2) is 35.5 Å². The molecule has 2 heterocycles. The van der Waals surface area contributed by atoms with Crippen molar-refractivity contribution in [2.75, 3.05) is 6.54 Å². The summed E-state index contributed by atoms with van der Waals surface area (Å²) in [7, 11) is 0. The van der Waals surface area contributed by atoms with Crippen molar-refractivity contribution in [2.24, 2.45) is 5.92 Å². The molecule has 1 aliphatic carbocycles. The van der Waals surface area contributed by atoms with Crippen LogP contribution in [0.2, 0.25) is 0 Å². The molecule has 0 radical (unpaired) electrons. The number of esters is 1. The van der Waals surface area contributed by atoms with E-state index in [1.165, 1.54) is 0 Å². The Hall–Kier alpha value is -1.32. The summed E-state index contributed by atoms with van der Waals surface area (Å²) >= 11 is 0. The largest absolute Gasteiger partial charge is 0.459 e. The van der Waals surface area contributed by atoms with Gasteiger partial charge in [-0.05, 0) is 19.3 Å². The van der Waals surface area contributed by atoms with Crippen LogP contribution in [0.5, 0.6) is 0 Å². The number of nitrogens with zero attached hydrogens (tertiary/aromatic N) is 1. The van der Waals surface area contributed by atoms with Gasteiger partial charge in [-0.2, -0.15) is 0 Å². The highest BCUT2D eigenvalue weighted by atomic mass is 16.6. The number of morpholine rings is 1. The van der Waals surface area contributed by atoms with E-state index in [4.69, 9.17) is 4.74 Å². The molecular weight excluding hydrogens is 206 g/mol. The van der Waals surface area contributed by atoms with Gasteiger partial charge in [-0.25, -0.2) is 4.79 Å². The number of rotatable bonds is 1. The predicted octanol–water partition coefficient (Wildman–Crippen LogP) is 0.869. The van der Waals surface area contributed by atoms with Crippen LogP contribution >= 0.6 is 0 Å². The highest BCUT2D eigenvalue weighted by Gasteiger charge is 2.49. The zero-order valence-corrected chi connectivity index (χ0v) is 9.09. The number of hydrogen-bond acceptors (Lipinski definition) is 3. The molecule has 3 atom stereocenters. The molecule has 16 heavy (non-hydrogen) atoms. The third kappa shape index (κ3) is 1.44. The van der Waals surface area contributed by atoms with Gasteiger partial charge in [0.15, 0.2) is 0 Å². The van der Waals surface area contributed by atoms with E-state index in [0.717, 1.165) is 19.3 Å². The number of allylic oxidation sites excluding steroid dienone is 2. The molecule has 0 saturated carbocycles. The molecule has 0 spiro atoms. The molecule has 2 bridgehead atoms. The van der Waals surface area contributed by atoms with Gasteiger partial charge >= 0.3 is 5.97 Å². The predicted molar refractivity (Wildman–Crippen MR) is 56.5 cm³/mol. The van der Waals surface area contributed by atoms with Crippen molar-refractivity contribution in [3.05, 3.63) is 12.2 Å². The Morgan fingerprint density at radius 3 is 2.94 bits per heavy atom. The summed E-state index contributed by atoms with van der Waals surface area (Å²) in [5.74, 6) is 0.0154. The molecule has 86 valence electrons. The van der Waals surface area contributed by atoms with E-state index in [9.17, 15) is 9.59 Å². The minimum atomic E-state index is -0.289. The van der Waals surface area contributed by atoms with E-state index in [0.29, 0.717) is 13.0 Å². The number of carbonyl (C=O) groups excluding carboxylic acids is 2. The number of ether oxygens (including phenoxy) is 1. The van der Waals surface area contributed by atoms with E-state index in [-0.39, 0.29) is 29.9 Å². The van der Waals surface area contributed by atoms with Gasteiger partial charge in [0, 0.05) is 12.3 Å². The molecular formula is C12H15NO3. The smallest absolute Gasteiger partial charge is 0.329 e. The van der Waals surface area contributed by atoms with Crippen molar-refractivity contribution < 1.29 is 14.3 Å². The third-order valence-electron chi connectivity index (χ3n) is 3.72. The number of carbonyl (C=O) groups is 2. The van der Waals surface area contributed by atoms with Crippen LogP contribution in [0.1, 0.15) is 25.7 Å². The molecule has 4 heteroatoms. The second kappa shape index (κ2) is 3.61. The molecule has 3 aliphatic rings. The van der Waals surface area contributed by atoms with Gasteiger partial charge < -0.3 is 9.64 Å². The molecule has 0 aromatic carbocycles. The highest BCUT2D eigenvalue weighted by molar-refractivity contribution is 5.88. The average Bonchev–Trinajstić information content (AvgIpc) is 2.88. The fraction of sp³-hybridized carbons (Fsp3) is 0.667. The maximum atomic E-state index is 12.2. The quantitative estimate of drug-likeness (QED) is 0.487. The molecule has 0 unspecified atom stereocenters. The Balaban J connectivity index is 1.71. The van der Waals surface area contributed by atoms with Crippen molar-refractivity contribution in [1.29, 1.82) is 0 Å². The Bertz CT molecular complexity index is 363. The van der Waals surface area contributed by atoms with Gasteiger partial charge in [0.1, 0.15) is 12.1 Å². The second-order valence-electron chi connectivity index (χ2n) is 4.78. The molecule has 2 aliphatic heterocycles. The first-order valence-corrected chi connectivity index (χ1v) is 5.91. The minimum Gasteiger partial charge on any atom is -0.459 e. The summed E-state index contributed by atoms with van der Waals surface area (Å²) in [4.78, 5) is 25.4. The lowest BCUT2D eigenvalue weighted by atomic mass is 9.93. The average molecular weight is 221 g/mol. The zero-order valence-electron chi connectivity index (χ0n) is 9.09. The molecule has 4 nitrogen and oxygen atoms in total. The molecule has 2 saturated heterocycles. The topological polar surface area (TPSA) is 46.6 Å². The van der Waals surface area contributed by atoms with E-state index in [1.807, 2.05) is 0 Å². The van der Waals surface area contributed by atoms with Crippen molar-refractivity contribution >= 4 is 11.9 Å². The lowest BCUT2D eigenvalue weighted by molar-refractivity contribution is -0.158. The normalized spacial score (nSPS) is 36.6. The van der Waals surface area contributed by atoms with Crippen molar-refractivity contribution in [3.63, 3.8) is 0 Å². The monoisotopic (exact) mass is 221 g/mol. The van der Waals surface area contributed by atoms with Crippen LogP contribution in [0.15, 0.2) is 12.2 Å². The number of fused-ring (bicyclic) bond motifs is 2. The molecule has 1 amide bonds. The van der Waals surface area contributed by atoms with Gasteiger partial charge in [-0.1, -0.05) is 12.2 Å². The van der Waals surface area contributed by atoms with E-state index in [1.54, 1.807) is 4.90 Å². The summed E-state index contributed by atoms with van der Waals surface area (Å²) in [6.07, 6.45) is 7.56. The first-order chi connectivity index (χ1) is 7.75. The number of hydrogen-bond donors (Lipinski definition) is 0. The zero-order chi connectivity index (χ0) is 11.1. The van der Waals surface area contributed by atoms with Crippen molar-refractivity contribution in [2.45, 2.75) is 37.8 Å². The SMILES string of the molecule is O=C1O[C@H]2C[C@H]1N(C(=O)[C@H]1CC=CCC1)C2. The van der Waals surface area contributed by atoms with E-state index < -0.39 is 0 Å². The maximum Gasteiger partial charge on any atom is 0.329 e. The second-order valence-corrected chi connectivity index (χ2v) is 4.78. The molecule has 0 aromatic rings. The summed E-state index contributed by atoms with van der Waals surface area (Å²) in [5.41, 5.74) is 0. The standard InChI is InChI=1S/C12H15NO3/c14-11(8-4-2-1-3-5-8)13-7-9-6-10(13)12(15)16-9/h1-2,8-10H,3-7H2/t8-,9-,10+/m0/s1. The molecule has 2 fully saturated rings. The summed E-state index contributed by atoms with van der Waals surface area (Å²) < 4.78 is 5.08. The van der Waals surface area contributed by atoms with Crippen LogP contribution in [0.3, 0.4) is 0 Å². The maximum absolute atomic E-state index is 12.2. The molecule has 0 aromatic heterocycles. The fourth-order valence-corrected chi connectivity index (χ4v) is 2.85. The van der Waals surface area contributed by atoms with Crippen molar-refractivity contribution in [1.82, 2.24) is 4.90 Å². The van der Waals surface area contributed by atoms with E-state index in [2.05, 4.69) is 12.2 Å². The lowest BCUT2D eigenvalue weighted by Crippen LogP contribution is -2.46. The van der Waals surface area contributed by atoms with E-state index >= 15 is 0 Å². The van der Waals surface area contributed by atoms with Crippen LogP contribution in [0.25, 0.3) is 0 Å². The van der Waals surface area contributed by atoms with Crippen LogP contribution in [0, 0.1) is 5.92 Å². The van der Waals surface area contributed by atoms with Gasteiger partial charge in [0.2, 0.25) is 5.91 Å². The Morgan fingerprint density at radius 1 is 1.44 bits per heavy atom. The van der Waals surface area contributed by atoms with Crippen LogP contribution in [0.4, 0.5) is 0 Å². The first-order valence-electron chi connectivity index (χ1n) is 5.91. The lowest BCUT2D eigenvalue weighted by Gasteiger charge is -2.29. The first kappa shape index (κ1) is 9.87. The summed E-state index contributed by atoms with van der Waals surface area (Å²) in [6.45, 7) is 0.607. The third-order valence-corrected chi connectivity index (χ3v) is 3.72. The van der Waals surface area contributed by atoms with Gasteiger partial charge in [0.05, 0.1) is 6.54 Å².